The van der Waals surface area contributed by atoms with E-state index >= 15 is 0 Å². The number of guanidine groups is 1. The van der Waals surface area contributed by atoms with Crippen molar-refractivity contribution in [3.05, 3.63) is 24.2 Å². The van der Waals surface area contributed by atoms with E-state index in [9.17, 15) is 0 Å². The van der Waals surface area contributed by atoms with Crippen molar-refractivity contribution in [2.24, 2.45) is 4.99 Å². The molecule has 1 aliphatic rings. The molecule has 0 radical (unpaired) electrons. The van der Waals surface area contributed by atoms with E-state index in [1.165, 1.54) is 19.3 Å². The highest BCUT2D eigenvalue weighted by Crippen LogP contribution is 2.25. The summed E-state index contributed by atoms with van der Waals surface area (Å²) in [6, 6.07) is 4.26. The van der Waals surface area contributed by atoms with Gasteiger partial charge in [-0.1, -0.05) is 6.42 Å². The first-order chi connectivity index (χ1) is 13.7. The van der Waals surface area contributed by atoms with Crippen LogP contribution in [-0.2, 0) is 4.74 Å². The lowest BCUT2D eigenvalue weighted by Crippen LogP contribution is -2.42. The van der Waals surface area contributed by atoms with Gasteiger partial charge in [0, 0.05) is 39.9 Å². The van der Waals surface area contributed by atoms with Crippen LogP contribution in [0.15, 0.2) is 27.8 Å². The number of furan rings is 1. The molecule has 2 N–H and O–H groups in total. The maximum atomic E-state index is 5.73. The van der Waals surface area contributed by atoms with Crippen LogP contribution >= 0.6 is 0 Å². The van der Waals surface area contributed by atoms with Gasteiger partial charge in [-0.25, -0.2) is 0 Å². The Morgan fingerprint density at radius 2 is 2.11 bits per heavy atom. The molecule has 1 aromatic heterocycles. The largest absolute Gasteiger partial charge is 0.468 e. The van der Waals surface area contributed by atoms with Gasteiger partial charge in [-0.05, 0) is 58.5 Å². The minimum atomic E-state index is 0.211. The molecule has 0 spiro atoms. The van der Waals surface area contributed by atoms with Crippen LogP contribution in [0.1, 0.15) is 44.4 Å². The maximum Gasteiger partial charge on any atom is 0.191 e. The first-order valence-corrected chi connectivity index (χ1v) is 10.7. The number of nitrogens with zero attached hydrogens (tertiary/aromatic N) is 3. The van der Waals surface area contributed by atoms with Crippen LogP contribution in [0.25, 0.3) is 0 Å². The van der Waals surface area contributed by atoms with Crippen molar-refractivity contribution < 1.29 is 9.15 Å². The molecular formula is C21H39N5O2. The zero-order valence-electron chi connectivity index (χ0n) is 18.0. The highest BCUT2D eigenvalue weighted by Gasteiger charge is 2.24. The zero-order chi connectivity index (χ0) is 20.0. The molecule has 7 heteroatoms. The average molecular weight is 394 g/mol. The van der Waals surface area contributed by atoms with Crippen molar-refractivity contribution in [1.29, 1.82) is 0 Å². The highest BCUT2D eigenvalue weighted by atomic mass is 16.5. The molecule has 7 nitrogen and oxygen atoms in total. The van der Waals surface area contributed by atoms with Crippen LogP contribution in [0, 0.1) is 0 Å². The van der Waals surface area contributed by atoms with Gasteiger partial charge in [0.1, 0.15) is 5.76 Å². The summed E-state index contributed by atoms with van der Waals surface area (Å²) in [4.78, 5) is 9.70. The minimum Gasteiger partial charge on any atom is -0.468 e. The van der Waals surface area contributed by atoms with Crippen molar-refractivity contribution in [2.75, 3.05) is 66.6 Å². The Morgan fingerprint density at radius 3 is 2.79 bits per heavy atom. The Morgan fingerprint density at radius 1 is 1.29 bits per heavy atom. The Bertz CT molecular complexity index is 529. The third-order valence-corrected chi connectivity index (χ3v) is 5.14. The van der Waals surface area contributed by atoms with Gasteiger partial charge in [0.05, 0.1) is 18.8 Å². The summed E-state index contributed by atoms with van der Waals surface area (Å²) in [6.07, 6.45) is 6.66. The molecule has 1 saturated heterocycles. The van der Waals surface area contributed by atoms with Crippen molar-refractivity contribution in [2.45, 2.75) is 38.6 Å². The van der Waals surface area contributed by atoms with Crippen molar-refractivity contribution in [1.82, 2.24) is 20.4 Å². The smallest absolute Gasteiger partial charge is 0.191 e. The zero-order valence-corrected chi connectivity index (χ0v) is 18.0. The number of piperidine rings is 1. The molecule has 1 unspecified atom stereocenters. The number of nitrogens with one attached hydrogen (secondary N) is 2. The van der Waals surface area contributed by atoms with E-state index in [0.29, 0.717) is 6.54 Å². The predicted molar refractivity (Wildman–Crippen MR) is 115 cm³/mol. The Kier molecular flexibility index (Phi) is 11.0. The second-order valence-electron chi connectivity index (χ2n) is 7.42. The molecule has 1 aromatic rings. The van der Waals surface area contributed by atoms with E-state index in [4.69, 9.17) is 14.1 Å². The van der Waals surface area contributed by atoms with Gasteiger partial charge in [-0.15, -0.1) is 0 Å². The van der Waals surface area contributed by atoms with E-state index in [0.717, 1.165) is 64.0 Å². The van der Waals surface area contributed by atoms with E-state index in [2.05, 4.69) is 40.5 Å². The van der Waals surface area contributed by atoms with Crippen molar-refractivity contribution in [3.8, 4) is 0 Å². The summed E-state index contributed by atoms with van der Waals surface area (Å²) in [5.74, 6) is 1.89. The van der Waals surface area contributed by atoms with Gasteiger partial charge in [0.15, 0.2) is 5.96 Å². The summed E-state index contributed by atoms with van der Waals surface area (Å²) >= 11 is 0. The molecule has 0 bridgehead atoms. The highest BCUT2D eigenvalue weighted by molar-refractivity contribution is 5.79. The van der Waals surface area contributed by atoms with E-state index < -0.39 is 0 Å². The molecule has 0 saturated carbocycles. The lowest BCUT2D eigenvalue weighted by atomic mass is 10.1. The summed E-state index contributed by atoms with van der Waals surface area (Å²) < 4.78 is 10.9. The second kappa shape index (κ2) is 13.6. The lowest BCUT2D eigenvalue weighted by Gasteiger charge is -2.32. The number of aliphatic imine (C=N–C) groups is 1. The SMILES string of the molecule is CCNC(=NCC(c1ccco1)N1CCCCC1)NCCN(C)CCCOC. The van der Waals surface area contributed by atoms with Crippen LogP contribution in [0.5, 0.6) is 0 Å². The fraction of sp³-hybridized carbons (Fsp3) is 0.762. The first-order valence-electron chi connectivity index (χ1n) is 10.7. The molecule has 1 atom stereocenters. The van der Waals surface area contributed by atoms with E-state index in [-0.39, 0.29) is 6.04 Å². The molecule has 0 aliphatic carbocycles. The van der Waals surface area contributed by atoms with Crippen LogP contribution in [0.2, 0.25) is 0 Å². The summed E-state index contributed by atoms with van der Waals surface area (Å²) in [5.41, 5.74) is 0. The van der Waals surface area contributed by atoms with Gasteiger partial charge in [0.2, 0.25) is 0 Å². The number of hydrogen-bond donors (Lipinski definition) is 2. The Labute approximate surface area is 170 Å². The lowest BCUT2D eigenvalue weighted by molar-refractivity contribution is 0.150. The number of methoxy groups -OCH3 is 1. The number of likely N-dealkylation sites (N-methyl/N-ethyl adjacent to an activating group) is 1. The fourth-order valence-electron chi connectivity index (χ4n) is 3.57. The molecule has 0 amide bonds. The molecule has 160 valence electrons. The van der Waals surface area contributed by atoms with Crippen molar-refractivity contribution in [3.63, 3.8) is 0 Å². The standard InChI is InChI=1S/C21H39N5O2/c1-4-22-21(23-11-15-25(2)12-9-16-27-3)24-18-19(20-10-8-17-28-20)26-13-6-5-7-14-26/h8,10,17,19H,4-7,9,11-16,18H2,1-3H3,(H2,22,23,24). The molecule has 2 heterocycles. The fourth-order valence-corrected chi connectivity index (χ4v) is 3.57. The van der Waals surface area contributed by atoms with Gasteiger partial charge in [0.25, 0.3) is 0 Å². The van der Waals surface area contributed by atoms with Crippen LogP contribution in [-0.4, -0.2) is 82.3 Å². The Hall–Kier alpha value is -1.57. The Balaban J connectivity index is 1.87. The van der Waals surface area contributed by atoms with Gasteiger partial charge >= 0.3 is 0 Å². The monoisotopic (exact) mass is 393 g/mol. The molecule has 28 heavy (non-hydrogen) atoms. The van der Waals surface area contributed by atoms with Crippen LogP contribution < -0.4 is 10.6 Å². The first kappa shape index (κ1) is 22.7. The minimum absolute atomic E-state index is 0.211. The molecule has 0 aromatic carbocycles. The molecule has 2 rings (SSSR count). The maximum absolute atomic E-state index is 5.73. The van der Waals surface area contributed by atoms with Crippen LogP contribution in [0.4, 0.5) is 0 Å². The van der Waals surface area contributed by atoms with Crippen molar-refractivity contribution >= 4 is 5.96 Å². The molecule has 1 fully saturated rings. The van der Waals surface area contributed by atoms with Gasteiger partial charge < -0.3 is 24.7 Å². The van der Waals surface area contributed by atoms with E-state index in [1.54, 1.807) is 13.4 Å². The predicted octanol–water partition coefficient (Wildman–Crippen LogP) is 2.33. The molecular weight excluding hydrogens is 354 g/mol. The average Bonchev–Trinajstić information content (AvgIpc) is 3.23. The summed E-state index contributed by atoms with van der Waals surface area (Å²) in [5, 5.41) is 6.83. The summed E-state index contributed by atoms with van der Waals surface area (Å²) in [7, 11) is 3.89. The molecule has 1 aliphatic heterocycles. The third kappa shape index (κ3) is 8.20. The third-order valence-electron chi connectivity index (χ3n) is 5.14. The van der Waals surface area contributed by atoms with Gasteiger partial charge in [-0.3, -0.25) is 9.89 Å². The number of hydrogen-bond acceptors (Lipinski definition) is 5. The van der Waals surface area contributed by atoms with E-state index in [1.807, 2.05) is 6.07 Å². The number of ether oxygens (including phenoxy) is 1. The normalized spacial score (nSPS) is 17.1. The van der Waals surface area contributed by atoms with Crippen LogP contribution in [0.3, 0.4) is 0 Å². The number of likely N-dealkylation sites (tertiary alicyclic amines) is 1. The second-order valence-corrected chi connectivity index (χ2v) is 7.42. The quantitative estimate of drug-likeness (QED) is 0.323. The topological polar surface area (TPSA) is 65.3 Å². The van der Waals surface area contributed by atoms with Gasteiger partial charge in [-0.2, -0.15) is 0 Å². The summed E-state index contributed by atoms with van der Waals surface area (Å²) in [6.45, 7) is 9.59. The number of rotatable bonds is 12.